The van der Waals surface area contributed by atoms with Gasteiger partial charge in [-0.3, -0.25) is 4.79 Å². The molecule has 10 heteroatoms. The van der Waals surface area contributed by atoms with Crippen LogP contribution in [-0.2, 0) is 14.3 Å². The molecule has 4 atom stereocenters. The van der Waals surface area contributed by atoms with Crippen LogP contribution in [0, 0.1) is 5.82 Å². The first-order valence-corrected chi connectivity index (χ1v) is 11.1. The molecule has 2 aliphatic rings. The van der Waals surface area contributed by atoms with Gasteiger partial charge in [0.1, 0.15) is 23.8 Å². The minimum absolute atomic E-state index is 0.0976. The lowest BCUT2D eigenvalue weighted by molar-refractivity contribution is -0.142. The Bertz CT molecular complexity index is 1020. The Morgan fingerprint density at radius 3 is 2.62 bits per heavy atom. The molecule has 3 amide bonds. The molecule has 0 radical (unpaired) electrons. The molecule has 4 rings (SSSR count). The minimum Gasteiger partial charge on any atom is -0.487 e. The molecular formula is C24H28FN3O6. The summed E-state index contributed by atoms with van der Waals surface area (Å²) in [5, 5.41) is 18.1. The summed E-state index contributed by atoms with van der Waals surface area (Å²) in [7, 11) is 1.56. The number of halogens is 1. The molecule has 9 nitrogen and oxygen atoms in total. The van der Waals surface area contributed by atoms with Crippen molar-refractivity contribution in [2.45, 2.75) is 37.1 Å². The maximum absolute atomic E-state index is 13.1. The molecule has 0 aromatic heterocycles. The number of methoxy groups -OCH3 is 1. The Morgan fingerprint density at radius 2 is 1.88 bits per heavy atom. The number of amides is 3. The molecule has 0 spiro atoms. The van der Waals surface area contributed by atoms with Crippen LogP contribution in [0.25, 0.3) is 0 Å². The van der Waals surface area contributed by atoms with Crippen LogP contribution >= 0.6 is 0 Å². The summed E-state index contributed by atoms with van der Waals surface area (Å²) in [6.45, 7) is 0.605. The zero-order chi connectivity index (χ0) is 24.1. The van der Waals surface area contributed by atoms with E-state index in [-0.39, 0.29) is 42.9 Å². The van der Waals surface area contributed by atoms with Gasteiger partial charge in [-0.05, 0) is 48.9 Å². The highest BCUT2D eigenvalue weighted by atomic mass is 19.1. The third-order valence-electron chi connectivity index (χ3n) is 5.90. The lowest BCUT2D eigenvalue weighted by Gasteiger charge is -2.37. The number of hydrogen-bond acceptors (Lipinski definition) is 6. The minimum atomic E-state index is -0.568. The van der Waals surface area contributed by atoms with Gasteiger partial charge in [0.15, 0.2) is 0 Å². The first kappa shape index (κ1) is 23.9. The first-order chi connectivity index (χ1) is 16.5. The van der Waals surface area contributed by atoms with Crippen LogP contribution in [0.2, 0.25) is 0 Å². The van der Waals surface area contributed by atoms with Crippen molar-refractivity contribution >= 4 is 23.3 Å². The number of anilines is 2. The van der Waals surface area contributed by atoms with Gasteiger partial charge in [0.25, 0.3) is 0 Å². The molecule has 0 unspecified atom stereocenters. The maximum Gasteiger partial charge on any atom is 0.323 e. The number of carbonyl (C=O) groups is 2. The van der Waals surface area contributed by atoms with Gasteiger partial charge in [-0.1, -0.05) is 0 Å². The van der Waals surface area contributed by atoms with Gasteiger partial charge in [0.05, 0.1) is 25.7 Å². The van der Waals surface area contributed by atoms with Crippen molar-refractivity contribution in [3.05, 3.63) is 53.8 Å². The van der Waals surface area contributed by atoms with Crippen LogP contribution in [0.15, 0.2) is 42.5 Å². The van der Waals surface area contributed by atoms with Gasteiger partial charge in [-0.2, -0.15) is 0 Å². The third kappa shape index (κ3) is 5.64. The number of aliphatic hydroxyl groups is 1. The number of urea groups is 1. The molecule has 34 heavy (non-hydrogen) atoms. The van der Waals surface area contributed by atoms with Crippen LogP contribution in [0.4, 0.5) is 20.6 Å². The standard InChI is InChI=1S/C24H28FN3O6/c1-32-9-8-26-22(30)12-17-11-19-18-10-16(6-7-20(18)34-23(19)21(13-29)33-17)28-24(31)27-15-4-2-14(25)3-5-15/h2-7,10,17,19,21,23,29H,8-9,11-13H2,1H3,(H,26,30)(H2,27,28,31)/t17-,19-,21+,23+/m1/s1. The third-order valence-corrected chi connectivity index (χ3v) is 5.90. The average molecular weight is 474 g/mol. The summed E-state index contributed by atoms with van der Waals surface area (Å²) >= 11 is 0. The lowest BCUT2D eigenvalue weighted by atomic mass is 9.84. The van der Waals surface area contributed by atoms with E-state index in [0.717, 1.165) is 5.56 Å². The van der Waals surface area contributed by atoms with Crippen LogP contribution in [0.1, 0.15) is 24.3 Å². The van der Waals surface area contributed by atoms with Crippen molar-refractivity contribution in [3.8, 4) is 5.75 Å². The molecule has 2 heterocycles. The highest BCUT2D eigenvalue weighted by Crippen LogP contribution is 2.47. The second kappa shape index (κ2) is 10.8. The smallest absolute Gasteiger partial charge is 0.323 e. The normalized spacial score (nSPS) is 22.8. The molecule has 0 bridgehead atoms. The molecule has 4 N–H and O–H groups in total. The maximum atomic E-state index is 13.1. The number of ether oxygens (including phenoxy) is 3. The van der Waals surface area contributed by atoms with Crippen molar-refractivity contribution in [2.24, 2.45) is 0 Å². The second-order valence-corrected chi connectivity index (χ2v) is 8.29. The largest absolute Gasteiger partial charge is 0.487 e. The number of aliphatic hydroxyl groups excluding tert-OH is 1. The summed E-state index contributed by atoms with van der Waals surface area (Å²) in [5.41, 5.74) is 1.91. The average Bonchev–Trinajstić information content (AvgIpc) is 3.18. The van der Waals surface area contributed by atoms with Crippen molar-refractivity contribution in [3.63, 3.8) is 0 Å². The van der Waals surface area contributed by atoms with E-state index >= 15 is 0 Å². The number of fused-ring (bicyclic) bond motifs is 3. The lowest BCUT2D eigenvalue weighted by Crippen LogP contribution is -2.47. The Kier molecular flexibility index (Phi) is 7.61. The Labute approximate surface area is 196 Å². The molecule has 182 valence electrons. The van der Waals surface area contributed by atoms with E-state index in [4.69, 9.17) is 14.2 Å². The van der Waals surface area contributed by atoms with E-state index in [9.17, 15) is 19.1 Å². The zero-order valence-corrected chi connectivity index (χ0v) is 18.8. The summed E-state index contributed by atoms with van der Waals surface area (Å²) < 4.78 is 30.0. The summed E-state index contributed by atoms with van der Waals surface area (Å²) in [4.78, 5) is 24.6. The van der Waals surface area contributed by atoms with Gasteiger partial charge in [0, 0.05) is 36.5 Å². The van der Waals surface area contributed by atoms with Gasteiger partial charge in [-0.25, -0.2) is 9.18 Å². The summed E-state index contributed by atoms with van der Waals surface area (Å²) in [6, 6.07) is 10.3. The van der Waals surface area contributed by atoms with E-state index in [1.165, 1.54) is 24.3 Å². The number of nitrogens with one attached hydrogen (secondary N) is 3. The van der Waals surface area contributed by atoms with Gasteiger partial charge in [0.2, 0.25) is 5.91 Å². The fraction of sp³-hybridized carbons (Fsp3) is 0.417. The topological polar surface area (TPSA) is 118 Å². The molecule has 2 aromatic rings. The predicted octanol–water partition coefficient (Wildman–Crippen LogP) is 2.62. The van der Waals surface area contributed by atoms with Crippen LogP contribution in [0.3, 0.4) is 0 Å². The SMILES string of the molecule is COCCNC(=O)C[C@H]1C[C@@H]2c3cc(NC(=O)Nc4ccc(F)cc4)ccc3O[C@@H]2[C@H](CO)O1. The zero-order valence-electron chi connectivity index (χ0n) is 18.8. The Hall–Kier alpha value is -3.21. The molecule has 1 saturated heterocycles. The van der Waals surface area contributed by atoms with Crippen molar-refractivity contribution in [1.29, 1.82) is 0 Å². The Balaban J connectivity index is 1.42. The fourth-order valence-corrected chi connectivity index (χ4v) is 4.37. The number of rotatable bonds is 8. The molecule has 0 aliphatic carbocycles. The molecular weight excluding hydrogens is 445 g/mol. The van der Waals surface area contributed by atoms with E-state index < -0.39 is 12.1 Å². The summed E-state index contributed by atoms with van der Waals surface area (Å²) in [5.74, 6) is 0.0260. The van der Waals surface area contributed by atoms with Crippen LogP contribution in [0.5, 0.6) is 5.75 Å². The van der Waals surface area contributed by atoms with Crippen molar-refractivity contribution in [1.82, 2.24) is 5.32 Å². The number of benzene rings is 2. The van der Waals surface area contributed by atoms with Crippen LogP contribution in [-0.4, -0.2) is 62.2 Å². The van der Waals surface area contributed by atoms with Gasteiger partial charge < -0.3 is 35.3 Å². The van der Waals surface area contributed by atoms with Gasteiger partial charge >= 0.3 is 6.03 Å². The summed E-state index contributed by atoms with van der Waals surface area (Å²) in [6.07, 6.45) is -0.625. The fourth-order valence-electron chi connectivity index (χ4n) is 4.37. The molecule has 1 fully saturated rings. The molecule has 2 aliphatic heterocycles. The second-order valence-electron chi connectivity index (χ2n) is 8.29. The van der Waals surface area contributed by atoms with E-state index in [1.807, 2.05) is 6.07 Å². The predicted molar refractivity (Wildman–Crippen MR) is 123 cm³/mol. The van der Waals surface area contributed by atoms with E-state index in [0.29, 0.717) is 36.7 Å². The highest BCUT2D eigenvalue weighted by Gasteiger charge is 2.46. The van der Waals surface area contributed by atoms with E-state index in [1.54, 1.807) is 19.2 Å². The number of hydrogen-bond donors (Lipinski definition) is 4. The molecule has 2 aromatic carbocycles. The van der Waals surface area contributed by atoms with Crippen molar-refractivity contribution in [2.75, 3.05) is 37.5 Å². The highest BCUT2D eigenvalue weighted by molar-refractivity contribution is 5.99. The van der Waals surface area contributed by atoms with Gasteiger partial charge in [-0.15, -0.1) is 0 Å². The van der Waals surface area contributed by atoms with Crippen LogP contribution < -0.4 is 20.7 Å². The molecule has 0 saturated carbocycles. The first-order valence-electron chi connectivity index (χ1n) is 11.1. The monoisotopic (exact) mass is 473 g/mol. The number of carbonyl (C=O) groups excluding carboxylic acids is 2. The quantitative estimate of drug-likeness (QED) is 0.438. The Morgan fingerprint density at radius 1 is 1.15 bits per heavy atom. The van der Waals surface area contributed by atoms with E-state index in [2.05, 4.69) is 16.0 Å². The van der Waals surface area contributed by atoms with Crippen molar-refractivity contribution < 1.29 is 33.3 Å².